The third-order valence-corrected chi connectivity index (χ3v) is 5.38. The first-order valence-electron chi connectivity index (χ1n) is 11.2. The lowest BCUT2D eigenvalue weighted by Crippen LogP contribution is -2.36. The van der Waals surface area contributed by atoms with Crippen molar-refractivity contribution in [3.05, 3.63) is 65.9 Å². The highest BCUT2D eigenvalue weighted by molar-refractivity contribution is 5.46. The van der Waals surface area contributed by atoms with Crippen molar-refractivity contribution < 1.29 is 14.6 Å². The fraction of sp³-hybridized carbons (Fsp3) is 0.423. The number of para-hydroxylation sites is 1. The van der Waals surface area contributed by atoms with Crippen molar-refractivity contribution in [2.45, 2.75) is 59.2 Å². The van der Waals surface area contributed by atoms with Crippen LogP contribution >= 0.6 is 0 Å². The zero-order valence-electron chi connectivity index (χ0n) is 19.9. The van der Waals surface area contributed by atoms with Gasteiger partial charge in [-0.25, -0.2) is 4.68 Å². The summed E-state index contributed by atoms with van der Waals surface area (Å²) in [7, 11) is 1.66. The van der Waals surface area contributed by atoms with Gasteiger partial charge in [0.15, 0.2) is 0 Å². The largest absolute Gasteiger partial charge is 0.497 e. The maximum atomic E-state index is 10.1. The lowest BCUT2D eigenvalue weighted by atomic mass is 10.0. The van der Waals surface area contributed by atoms with Gasteiger partial charge in [-0.05, 0) is 63.1 Å². The van der Waals surface area contributed by atoms with Crippen molar-refractivity contribution in [1.82, 2.24) is 14.7 Å². The molecule has 0 aliphatic rings. The molecule has 0 fully saturated rings. The highest BCUT2D eigenvalue weighted by Crippen LogP contribution is 2.35. The Morgan fingerprint density at radius 3 is 2.12 bits per heavy atom. The Hall–Kier alpha value is -2.83. The quantitative estimate of drug-likeness (QED) is 0.461. The number of aliphatic hydroxyl groups excluding tert-OH is 1. The van der Waals surface area contributed by atoms with Crippen LogP contribution in [0.25, 0.3) is 5.69 Å². The molecule has 3 aromatic rings. The number of rotatable bonds is 10. The summed E-state index contributed by atoms with van der Waals surface area (Å²) in [5, 5.41) is 15.0. The highest BCUT2D eigenvalue weighted by atomic mass is 16.5. The van der Waals surface area contributed by atoms with E-state index in [-0.39, 0.29) is 12.0 Å². The van der Waals surface area contributed by atoms with Crippen LogP contribution < -0.4 is 9.47 Å². The van der Waals surface area contributed by atoms with E-state index in [0.717, 1.165) is 28.4 Å². The number of aliphatic hydroxyl groups is 1. The second kappa shape index (κ2) is 10.7. The van der Waals surface area contributed by atoms with Gasteiger partial charge in [0.25, 0.3) is 0 Å². The van der Waals surface area contributed by atoms with Gasteiger partial charge in [0.2, 0.25) is 5.88 Å². The molecule has 1 aromatic heterocycles. The molecule has 6 nitrogen and oxygen atoms in total. The van der Waals surface area contributed by atoms with Crippen LogP contribution in [0, 0.1) is 0 Å². The molecule has 0 saturated heterocycles. The van der Waals surface area contributed by atoms with E-state index < -0.39 is 6.10 Å². The van der Waals surface area contributed by atoms with E-state index in [4.69, 9.17) is 14.6 Å². The van der Waals surface area contributed by atoms with Gasteiger partial charge in [-0.1, -0.05) is 32.0 Å². The number of ether oxygens (including phenoxy) is 2. The van der Waals surface area contributed by atoms with Gasteiger partial charge >= 0.3 is 0 Å². The molecule has 2 aromatic carbocycles. The van der Waals surface area contributed by atoms with Crippen LogP contribution in [0.5, 0.6) is 17.4 Å². The Bertz CT molecular complexity index is 980. The predicted molar refractivity (Wildman–Crippen MR) is 128 cm³/mol. The molecular formula is C26H35N3O3. The zero-order valence-corrected chi connectivity index (χ0v) is 19.9. The van der Waals surface area contributed by atoms with Crippen molar-refractivity contribution in [3.63, 3.8) is 0 Å². The summed E-state index contributed by atoms with van der Waals surface area (Å²) in [5.74, 6) is 2.45. The molecule has 0 bridgehead atoms. The summed E-state index contributed by atoms with van der Waals surface area (Å²) in [6.07, 6.45) is -0.421. The predicted octanol–water partition coefficient (Wildman–Crippen LogP) is 5.39. The van der Waals surface area contributed by atoms with Crippen molar-refractivity contribution in [1.29, 1.82) is 0 Å². The van der Waals surface area contributed by atoms with Crippen molar-refractivity contribution in [3.8, 4) is 23.1 Å². The van der Waals surface area contributed by atoms with Crippen LogP contribution in [0.3, 0.4) is 0 Å². The number of aromatic nitrogens is 2. The Labute approximate surface area is 191 Å². The molecule has 32 heavy (non-hydrogen) atoms. The van der Waals surface area contributed by atoms with Gasteiger partial charge in [-0.3, -0.25) is 4.90 Å². The minimum absolute atomic E-state index is 0.211. The summed E-state index contributed by atoms with van der Waals surface area (Å²) < 4.78 is 13.6. The highest BCUT2D eigenvalue weighted by Gasteiger charge is 2.26. The number of nitrogens with zero attached hydrogens (tertiary/aromatic N) is 3. The normalized spacial score (nSPS) is 12.6. The molecule has 1 heterocycles. The average molecular weight is 438 g/mol. The fourth-order valence-corrected chi connectivity index (χ4v) is 3.67. The number of hydrogen-bond acceptors (Lipinski definition) is 5. The first kappa shape index (κ1) is 23.8. The van der Waals surface area contributed by atoms with Crippen LogP contribution in [0.15, 0.2) is 54.6 Å². The lowest BCUT2D eigenvalue weighted by Gasteiger charge is -2.28. The Balaban J connectivity index is 2.14. The summed E-state index contributed by atoms with van der Waals surface area (Å²) in [4.78, 5) is 2.25. The second-order valence-corrected chi connectivity index (χ2v) is 8.72. The smallest absolute Gasteiger partial charge is 0.227 e. The molecule has 1 atom stereocenters. The van der Waals surface area contributed by atoms with Gasteiger partial charge < -0.3 is 14.6 Å². The molecule has 0 saturated carbocycles. The van der Waals surface area contributed by atoms with Crippen molar-refractivity contribution in [2.24, 2.45) is 0 Å². The molecular weight excluding hydrogens is 402 g/mol. The molecule has 0 amide bonds. The maximum Gasteiger partial charge on any atom is 0.227 e. The Morgan fingerprint density at radius 1 is 0.938 bits per heavy atom. The van der Waals surface area contributed by atoms with Gasteiger partial charge in [0.05, 0.1) is 30.2 Å². The van der Waals surface area contributed by atoms with Gasteiger partial charge in [-0.15, -0.1) is 0 Å². The minimum Gasteiger partial charge on any atom is -0.497 e. The second-order valence-electron chi connectivity index (χ2n) is 8.72. The minimum atomic E-state index is -0.421. The Morgan fingerprint density at radius 2 is 1.59 bits per heavy atom. The molecule has 172 valence electrons. The van der Waals surface area contributed by atoms with E-state index in [2.05, 4.69) is 32.6 Å². The maximum absolute atomic E-state index is 10.1. The van der Waals surface area contributed by atoms with Crippen molar-refractivity contribution in [2.75, 3.05) is 13.7 Å². The van der Waals surface area contributed by atoms with Crippen LogP contribution in [0.2, 0.25) is 0 Å². The first-order valence-corrected chi connectivity index (χ1v) is 11.2. The number of benzene rings is 2. The molecule has 0 spiro atoms. The van der Waals surface area contributed by atoms with E-state index in [1.807, 2.05) is 66.2 Å². The summed E-state index contributed by atoms with van der Waals surface area (Å²) in [5.41, 5.74) is 2.92. The molecule has 3 rings (SSSR count). The fourth-order valence-electron chi connectivity index (χ4n) is 3.67. The Kier molecular flexibility index (Phi) is 7.94. The summed E-state index contributed by atoms with van der Waals surface area (Å²) in [6.45, 7) is 11.6. The van der Waals surface area contributed by atoms with E-state index >= 15 is 0 Å². The molecule has 0 aliphatic heterocycles. The lowest BCUT2D eigenvalue weighted by molar-refractivity contribution is 0.102. The SMILES string of the molecule is COc1ccc(-n2nc(C(C)C)c(CN(CC(C)O)C(C)C)c2Oc2ccccc2)cc1. The number of methoxy groups -OCH3 is 1. The van der Waals surface area contributed by atoms with Crippen LogP contribution in [0.4, 0.5) is 0 Å². The number of hydrogen-bond donors (Lipinski definition) is 1. The summed E-state index contributed by atoms with van der Waals surface area (Å²) >= 11 is 0. The topological polar surface area (TPSA) is 59.8 Å². The van der Waals surface area contributed by atoms with Crippen LogP contribution in [-0.2, 0) is 6.54 Å². The van der Waals surface area contributed by atoms with E-state index in [9.17, 15) is 5.11 Å². The monoisotopic (exact) mass is 437 g/mol. The van der Waals surface area contributed by atoms with E-state index in [0.29, 0.717) is 19.0 Å². The average Bonchev–Trinajstić information content (AvgIpc) is 3.12. The first-order chi connectivity index (χ1) is 15.3. The third kappa shape index (κ3) is 5.69. The summed E-state index contributed by atoms with van der Waals surface area (Å²) in [6, 6.07) is 17.8. The van der Waals surface area contributed by atoms with Gasteiger partial charge in [-0.2, -0.15) is 5.10 Å². The van der Waals surface area contributed by atoms with Crippen LogP contribution in [0.1, 0.15) is 51.8 Å². The molecule has 0 aliphatic carbocycles. The molecule has 6 heteroatoms. The molecule has 1 unspecified atom stereocenters. The van der Waals surface area contributed by atoms with Crippen LogP contribution in [-0.4, -0.2) is 45.6 Å². The third-order valence-electron chi connectivity index (χ3n) is 5.38. The van der Waals surface area contributed by atoms with Gasteiger partial charge in [0, 0.05) is 19.1 Å². The van der Waals surface area contributed by atoms with Gasteiger partial charge in [0.1, 0.15) is 11.5 Å². The standard InChI is InChI=1S/C26H35N3O3/c1-18(2)25-24(17-28(19(3)4)16-20(5)30)26(32-23-10-8-7-9-11-23)29(27-25)21-12-14-22(31-6)15-13-21/h7-15,18-20,30H,16-17H2,1-6H3. The van der Waals surface area contributed by atoms with E-state index in [1.165, 1.54) is 0 Å². The zero-order chi connectivity index (χ0) is 23.3. The molecule has 1 N–H and O–H groups in total. The molecule has 0 radical (unpaired) electrons. The van der Waals surface area contributed by atoms with Crippen molar-refractivity contribution >= 4 is 0 Å². The van der Waals surface area contributed by atoms with E-state index in [1.54, 1.807) is 7.11 Å².